The average Bonchev–Trinajstić information content (AvgIpc) is 3.25. The van der Waals surface area contributed by atoms with E-state index in [0.29, 0.717) is 17.9 Å². The first kappa shape index (κ1) is 13.7. The van der Waals surface area contributed by atoms with Crippen molar-refractivity contribution < 1.29 is 0 Å². The second kappa shape index (κ2) is 5.69. The Morgan fingerprint density at radius 2 is 2.00 bits per heavy atom. The molecule has 4 heteroatoms. The summed E-state index contributed by atoms with van der Waals surface area (Å²) in [6.07, 6.45) is 4.13. The zero-order chi connectivity index (χ0) is 14.9. The van der Waals surface area contributed by atoms with E-state index in [1.807, 2.05) is 7.05 Å². The summed E-state index contributed by atoms with van der Waals surface area (Å²) in [5.41, 5.74) is 2.64. The van der Waals surface area contributed by atoms with Crippen molar-refractivity contribution in [1.82, 2.24) is 15.3 Å². The molecule has 1 N–H and O–H groups in total. The number of aromatic nitrogens is 2. The molecule has 1 saturated heterocycles. The molecular formula is C18H22N4. The van der Waals surface area contributed by atoms with E-state index >= 15 is 0 Å². The highest BCUT2D eigenvalue weighted by Gasteiger charge is 2.40. The molecule has 1 aromatic heterocycles. The van der Waals surface area contributed by atoms with Crippen molar-refractivity contribution in [2.45, 2.75) is 30.7 Å². The highest BCUT2D eigenvalue weighted by molar-refractivity contribution is 5.44. The molecule has 0 bridgehead atoms. The van der Waals surface area contributed by atoms with Crippen LogP contribution in [0.1, 0.15) is 35.9 Å². The van der Waals surface area contributed by atoms with Gasteiger partial charge in [-0.2, -0.15) is 0 Å². The Labute approximate surface area is 131 Å². The first-order valence-electron chi connectivity index (χ1n) is 8.14. The highest BCUT2D eigenvalue weighted by Crippen LogP contribution is 2.54. The number of hydrogen-bond acceptors (Lipinski definition) is 4. The molecule has 22 heavy (non-hydrogen) atoms. The number of rotatable bonds is 4. The summed E-state index contributed by atoms with van der Waals surface area (Å²) in [6.45, 7) is 2.12. The lowest BCUT2D eigenvalue weighted by molar-refractivity contribution is 0.616. The van der Waals surface area contributed by atoms with Gasteiger partial charge in [0.25, 0.3) is 0 Å². The number of benzene rings is 1. The predicted octanol–water partition coefficient (Wildman–Crippen LogP) is 2.55. The fraction of sp³-hybridized carbons (Fsp3) is 0.444. The van der Waals surface area contributed by atoms with E-state index in [-0.39, 0.29) is 0 Å². The van der Waals surface area contributed by atoms with Gasteiger partial charge in [-0.25, -0.2) is 9.97 Å². The Kier molecular flexibility index (Phi) is 3.54. The first-order chi connectivity index (χ1) is 10.8. The third kappa shape index (κ3) is 2.59. The van der Waals surface area contributed by atoms with Gasteiger partial charge in [-0.1, -0.05) is 30.3 Å². The van der Waals surface area contributed by atoms with Crippen LogP contribution in [0.4, 0.5) is 5.82 Å². The van der Waals surface area contributed by atoms with E-state index in [1.165, 1.54) is 24.1 Å². The molecule has 2 heterocycles. The lowest BCUT2D eigenvalue weighted by Crippen LogP contribution is -2.29. The molecule has 4 nitrogen and oxygen atoms in total. The molecule has 1 aromatic carbocycles. The number of anilines is 1. The largest absolute Gasteiger partial charge is 0.355 e. The van der Waals surface area contributed by atoms with Crippen LogP contribution in [-0.4, -0.2) is 36.1 Å². The van der Waals surface area contributed by atoms with Gasteiger partial charge in [0, 0.05) is 36.8 Å². The molecule has 2 fully saturated rings. The molecule has 1 saturated carbocycles. The minimum Gasteiger partial charge on any atom is -0.355 e. The van der Waals surface area contributed by atoms with E-state index in [9.17, 15) is 0 Å². The fourth-order valence-corrected chi connectivity index (χ4v) is 3.53. The van der Waals surface area contributed by atoms with Gasteiger partial charge < -0.3 is 10.2 Å². The summed E-state index contributed by atoms with van der Waals surface area (Å²) in [4.78, 5) is 11.4. The third-order valence-electron chi connectivity index (χ3n) is 4.99. The minimum atomic E-state index is 0.562. The predicted molar refractivity (Wildman–Crippen MR) is 88.3 cm³/mol. The highest BCUT2D eigenvalue weighted by atomic mass is 15.2. The maximum atomic E-state index is 4.53. The molecule has 0 radical (unpaired) electrons. The number of hydrogen-bond donors (Lipinski definition) is 1. The Hall–Kier alpha value is -1.94. The Bertz CT molecular complexity index is 643. The van der Waals surface area contributed by atoms with Crippen LogP contribution < -0.4 is 10.2 Å². The van der Waals surface area contributed by atoms with E-state index in [0.717, 1.165) is 18.9 Å². The average molecular weight is 294 g/mol. The fourth-order valence-electron chi connectivity index (χ4n) is 3.53. The van der Waals surface area contributed by atoms with Crippen LogP contribution in [0, 0.1) is 0 Å². The smallest absolute Gasteiger partial charge is 0.132 e. The lowest BCUT2D eigenvalue weighted by atomic mass is 10.1. The van der Waals surface area contributed by atoms with Gasteiger partial charge >= 0.3 is 0 Å². The van der Waals surface area contributed by atoms with Gasteiger partial charge in [-0.3, -0.25) is 0 Å². The second-order valence-electron chi connectivity index (χ2n) is 6.38. The van der Waals surface area contributed by atoms with Crippen molar-refractivity contribution in [3.05, 3.63) is 54.0 Å². The monoisotopic (exact) mass is 294 g/mol. The molecule has 4 rings (SSSR count). The van der Waals surface area contributed by atoms with Crippen molar-refractivity contribution in [2.75, 3.05) is 25.0 Å². The Balaban J connectivity index is 1.49. The summed E-state index contributed by atoms with van der Waals surface area (Å²) < 4.78 is 0. The zero-order valence-corrected chi connectivity index (χ0v) is 12.9. The van der Waals surface area contributed by atoms with Gasteiger partial charge in [-0.15, -0.1) is 0 Å². The summed E-state index contributed by atoms with van der Waals surface area (Å²) in [5.74, 6) is 2.28. The molecular weight excluding hydrogens is 272 g/mol. The van der Waals surface area contributed by atoms with Crippen molar-refractivity contribution in [3.8, 4) is 0 Å². The van der Waals surface area contributed by atoms with E-state index in [2.05, 4.69) is 56.6 Å². The number of likely N-dealkylation sites (N-methyl/N-ethyl adjacent to an activating group) is 1. The third-order valence-corrected chi connectivity index (χ3v) is 4.99. The Morgan fingerprint density at radius 3 is 2.77 bits per heavy atom. The molecule has 114 valence electrons. The molecule has 2 aliphatic rings. The van der Waals surface area contributed by atoms with Crippen LogP contribution in [0.2, 0.25) is 0 Å². The zero-order valence-electron chi connectivity index (χ0n) is 12.9. The SMILES string of the molecule is CN[C@@H]1CCN(c2cc([C@@H]3C[C@H]3c3ccccc3)ncn2)C1. The summed E-state index contributed by atoms with van der Waals surface area (Å²) in [5, 5.41) is 3.36. The number of nitrogens with one attached hydrogen (secondary N) is 1. The molecule has 0 amide bonds. The topological polar surface area (TPSA) is 41.0 Å². The van der Waals surface area contributed by atoms with Gasteiger partial charge in [0.2, 0.25) is 0 Å². The molecule has 1 aliphatic heterocycles. The lowest BCUT2D eigenvalue weighted by Gasteiger charge is -2.17. The number of nitrogens with zero attached hydrogens (tertiary/aromatic N) is 3. The van der Waals surface area contributed by atoms with Gasteiger partial charge in [-0.05, 0) is 31.4 Å². The maximum absolute atomic E-state index is 4.53. The molecule has 3 atom stereocenters. The van der Waals surface area contributed by atoms with Crippen LogP contribution in [0.25, 0.3) is 0 Å². The van der Waals surface area contributed by atoms with Crippen LogP contribution in [-0.2, 0) is 0 Å². The van der Waals surface area contributed by atoms with Crippen LogP contribution in [0.3, 0.4) is 0 Å². The standard InChI is InChI=1S/C18H22N4/c1-19-14-7-8-22(11-14)18-10-17(20-12-21-18)16-9-15(16)13-5-3-2-4-6-13/h2-6,10,12,14-16,19H,7-9,11H2,1H3/t14-,15+,16-/m1/s1. The quantitative estimate of drug-likeness (QED) is 0.941. The Morgan fingerprint density at radius 1 is 1.14 bits per heavy atom. The van der Waals surface area contributed by atoms with Crippen molar-refractivity contribution in [1.29, 1.82) is 0 Å². The molecule has 0 unspecified atom stereocenters. The van der Waals surface area contributed by atoms with Crippen LogP contribution in [0.15, 0.2) is 42.7 Å². The van der Waals surface area contributed by atoms with Crippen molar-refractivity contribution >= 4 is 5.82 Å². The van der Waals surface area contributed by atoms with E-state index in [4.69, 9.17) is 0 Å². The van der Waals surface area contributed by atoms with Gasteiger partial charge in [0.1, 0.15) is 12.1 Å². The van der Waals surface area contributed by atoms with E-state index in [1.54, 1.807) is 6.33 Å². The van der Waals surface area contributed by atoms with Gasteiger partial charge in [0.15, 0.2) is 0 Å². The maximum Gasteiger partial charge on any atom is 0.132 e. The summed E-state index contributed by atoms with van der Waals surface area (Å²) >= 11 is 0. The molecule has 1 aliphatic carbocycles. The van der Waals surface area contributed by atoms with Crippen molar-refractivity contribution in [2.24, 2.45) is 0 Å². The van der Waals surface area contributed by atoms with Gasteiger partial charge in [0.05, 0.1) is 0 Å². The second-order valence-corrected chi connectivity index (χ2v) is 6.38. The summed E-state index contributed by atoms with van der Waals surface area (Å²) in [6, 6.07) is 13.6. The first-order valence-corrected chi connectivity index (χ1v) is 8.14. The van der Waals surface area contributed by atoms with Crippen LogP contribution in [0.5, 0.6) is 0 Å². The summed E-state index contributed by atoms with van der Waals surface area (Å²) in [7, 11) is 2.04. The molecule has 0 spiro atoms. The normalized spacial score (nSPS) is 27.1. The van der Waals surface area contributed by atoms with E-state index < -0.39 is 0 Å². The van der Waals surface area contributed by atoms with Crippen LogP contribution >= 0.6 is 0 Å². The minimum absolute atomic E-state index is 0.562. The molecule has 2 aromatic rings. The van der Waals surface area contributed by atoms with Crippen molar-refractivity contribution in [3.63, 3.8) is 0 Å².